The van der Waals surface area contributed by atoms with E-state index in [9.17, 15) is 23.2 Å². The molecule has 0 aliphatic rings. The van der Waals surface area contributed by atoms with Gasteiger partial charge in [-0.05, 0) is 95.5 Å². The molecular formula is C26H31ClF2N2O4. The average molecular weight is 509 g/mol. The lowest BCUT2D eigenvalue weighted by atomic mass is 9.85. The zero-order chi connectivity index (χ0) is 26.6. The van der Waals surface area contributed by atoms with E-state index in [1.165, 1.54) is 18.2 Å². The zero-order valence-electron chi connectivity index (χ0n) is 20.7. The van der Waals surface area contributed by atoms with E-state index in [1.807, 2.05) is 0 Å². The van der Waals surface area contributed by atoms with Crippen LogP contribution in [0.3, 0.4) is 0 Å². The number of hydrogen-bond donors (Lipinski definition) is 2. The fraction of sp³-hybridized carbons (Fsp3) is 0.423. The molecule has 35 heavy (non-hydrogen) atoms. The number of hydrogen-bond acceptors (Lipinski definition) is 4. The molecule has 0 aliphatic heterocycles. The van der Waals surface area contributed by atoms with Crippen LogP contribution in [0.4, 0.5) is 13.6 Å². The van der Waals surface area contributed by atoms with Crippen molar-refractivity contribution in [1.29, 1.82) is 0 Å². The minimum atomic E-state index is -1.11. The van der Waals surface area contributed by atoms with Crippen molar-refractivity contribution in [3.63, 3.8) is 0 Å². The SMILES string of the molecule is CC(C)(C)NC(=O)c1ccc(Cl)cc1[C@@H](Cc1cc(F)ccc1F)C(=O)CNC(=O)OC(C)(C)C. The minimum Gasteiger partial charge on any atom is -0.444 e. The maximum Gasteiger partial charge on any atom is 0.408 e. The predicted molar refractivity (Wildman–Crippen MR) is 131 cm³/mol. The second kappa shape index (κ2) is 11.2. The van der Waals surface area contributed by atoms with Gasteiger partial charge in [-0.25, -0.2) is 13.6 Å². The number of alkyl carbamates (subject to hydrolysis) is 1. The van der Waals surface area contributed by atoms with Crippen molar-refractivity contribution >= 4 is 29.4 Å². The zero-order valence-corrected chi connectivity index (χ0v) is 21.5. The Morgan fingerprint density at radius 2 is 1.66 bits per heavy atom. The molecule has 2 aromatic carbocycles. The normalized spacial score (nSPS) is 12.6. The van der Waals surface area contributed by atoms with Gasteiger partial charge in [0.05, 0.1) is 6.54 Å². The number of benzene rings is 2. The number of ketones is 1. The molecule has 0 aliphatic carbocycles. The lowest BCUT2D eigenvalue weighted by molar-refractivity contribution is -0.119. The van der Waals surface area contributed by atoms with E-state index in [2.05, 4.69) is 10.6 Å². The van der Waals surface area contributed by atoms with Crippen LogP contribution in [0, 0.1) is 11.6 Å². The molecule has 2 N–H and O–H groups in total. The van der Waals surface area contributed by atoms with Crippen LogP contribution in [-0.4, -0.2) is 35.5 Å². The number of amides is 2. The molecule has 190 valence electrons. The van der Waals surface area contributed by atoms with Crippen molar-refractivity contribution in [3.05, 3.63) is 69.7 Å². The van der Waals surface area contributed by atoms with Crippen molar-refractivity contribution in [3.8, 4) is 0 Å². The third-order valence-corrected chi connectivity index (χ3v) is 4.98. The van der Waals surface area contributed by atoms with Crippen LogP contribution in [0.1, 0.15) is 68.9 Å². The second-order valence-corrected chi connectivity index (χ2v) is 10.7. The van der Waals surface area contributed by atoms with Gasteiger partial charge in [-0.3, -0.25) is 9.59 Å². The van der Waals surface area contributed by atoms with E-state index in [0.29, 0.717) is 0 Å². The molecule has 1 atom stereocenters. The largest absolute Gasteiger partial charge is 0.444 e. The van der Waals surface area contributed by atoms with E-state index < -0.39 is 53.0 Å². The van der Waals surface area contributed by atoms with Gasteiger partial charge in [-0.15, -0.1) is 0 Å². The van der Waals surface area contributed by atoms with E-state index in [0.717, 1.165) is 18.2 Å². The molecule has 0 saturated heterocycles. The van der Waals surface area contributed by atoms with Crippen LogP contribution in [0.15, 0.2) is 36.4 Å². The summed E-state index contributed by atoms with van der Waals surface area (Å²) in [6, 6.07) is 7.37. The first kappa shape index (κ1) is 28.2. The van der Waals surface area contributed by atoms with Gasteiger partial charge < -0.3 is 15.4 Å². The number of halogens is 3. The van der Waals surface area contributed by atoms with Crippen molar-refractivity contribution in [2.24, 2.45) is 0 Å². The number of carbonyl (C=O) groups is 3. The van der Waals surface area contributed by atoms with Crippen molar-refractivity contribution in [2.45, 2.75) is 65.0 Å². The highest BCUT2D eigenvalue weighted by Crippen LogP contribution is 2.30. The molecule has 6 nitrogen and oxygen atoms in total. The van der Waals surface area contributed by atoms with Crippen molar-refractivity contribution in [2.75, 3.05) is 6.54 Å². The van der Waals surface area contributed by atoms with Crippen LogP contribution in [0.25, 0.3) is 0 Å². The Hall–Kier alpha value is -3.00. The molecule has 0 fully saturated rings. The van der Waals surface area contributed by atoms with Gasteiger partial charge in [0.1, 0.15) is 17.2 Å². The third kappa shape index (κ3) is 8.94. The van der Waals surface area contributed by atoms with Crippen LogP contribution in [0.5, 0.6) is 0 Å². The maximum atomic E-state index is 14.5. The summed E-state index contributed by atoms with van der Waals surface area (Å²) < 4.78 is 33.5. The molecule has 0 spiro atoms. The monoisotopic (exact) mass is 508 g/mol. The average Bonchev–Trinajstić information content (AvgIpc) is 2.70. The molecule has 2 rings (SSSR count). The quantitative estimate of drug-likeness (QED) is 0.512. The predicted octanol–water partition coefficient (Wildman–Crippen LogP) is 5.57. The molecule has 0 bridgehead atoms. The molecule has 0 unspecified atom stereocenters. The van der Waals surface area contributed by atoms with Gasteiger partial charge in [-0.1, -0.05) is 11.6 Å². The minimum absolute atomic E-state index is 0.0530. The second-order valence-electron chi connectivity index (χ2n) is 10.2. The highest BCUT2D eigenvalue weighted by Gasteiger charge is 2.29. The highest BCUT2D eigenvalue weighted by atomic mass is 35.5. The van der Waals surface area contributed by atoms with E-state index in [1.54, 1.807) is 41.5 Å². The van der Waals surface area contributed by atoms with Gasteiger partial charge >= 0.3 is 6.09 Å². The highest BCUT2D eigenvalue weighted by molar-refractivity contribution is 6.30. The molecule has 9 heteroatoms. The van der Waals surface area contributed by atoms with E-state index >= 15 is 0 Å². The Morgan fingerprint density at radius 3 is 2.26 bits per heavy atom. The summed E-state index contributed by atoms with van der Waals surface area (Å²) in [6.07, 6.45) is -1.06. The van der Waals surface area contributed by atoms with E-state index in [4.69, 9.17) is 16.3 Å². The number of nitrogens with one attached hydrogen (secondary N) is 2. The Bertz CT molecular complexity index is 1110. The Balaban J connectivity index is 2.48. The standard InChI is InChI=1S/C26H31ClF2N2O4/c1-25(2,3)31-23(33)18-9-7-16(27)13-19(18)20(12-15-11-17(28)8-10-21(15)29)22(32)14-30-24(34)35-26(4,5)6/h7-11,13,20H,12,14H2,1-6H3,(H,30,34)(H,31,33)/t20-/m1/s1. The first-order valence-electron chi connectivity index (χ1n) is 11.1. The molecule has 0 heterocycles. The first-order chi connectivity index (χ1) is 16.1. The number of ether oxygens (including phenoxy) is 1. The topological polar surface area (TPSA) is 84.5 Å². The Kier molecular flexibility index (Phi) is 9.00. The van der Waals surface area contributed by atoms with Gasteiger partial charge in [0.25, 0.3) is 5.91 Å². The van der Waals surface area contributed by atoms with Gasteiger partial charge in [-0.2, -0.15) is 0 Å². The molecule has 0 aromatic heterocycles. The maximum absolute atomic E-state index is 14.5. The summed E-state index contributed by atoms with van der Waals surface area (Å²) in [5.41, 5.74) is -0.999. The van der Waals surface area contributed by atoms with E-state index in [-0.39, 0.29) is 28.1 Å². The molecule has 0 radical (unpaired) electrons. The van der Waals surface area contributed by atoms with Crippen LogP contribution in [0.2, 0.25) is 5.02 Å². The van der Waals surface area contributed by atoms with Gasteiger partial charge in [0.2, 0.25) is 0 Å². The fourth-order valence-electron chi connectivity index (χ4n) is 3.35. The van der Waals surface area contributed by atoms with Crippen LogP contribution < -0.4 is 10.6 Å². The van der Waals surface area contributed by atoms with Crippen molar-refractivity contribution < 1.29 is 27.9 Å². The smallest absolute Gasteiger partial charge is 0.408 e. The molecule has 2 aromatic rings. The number of Topliss-reactive ketones (excluding diaryl/α,β-unsaturated/α-hetero) is 1. The Morgan fingerprint density at radius 1 is 1.00 bits per heavy atom. The summed E-state index contributed by atoms with van der Waals surface area (Å²) in [4.78, 5) is 38.4. The number of rotatable bonds is 7. The summed E-state index contributed by atoms with van der Waals surface area (Å²) in [7, 11) is 0. The third-order valence-electron chi connectivity index (χ3n) is 4.75. The van der Waals surface area contributed by atoms with Crippen LogP contribution in [-0.2, 0) is 16.0 Å². The lowest BCUT2D eigenvalue weighted by Crippen LogP contribution is -2.41. The molecule has 2 amide bonds. The van der Waals surface area contributed by atoms with Crippen molar-refractivity contribution in [1.82, 2.24) is 10.6 Å². The van der Waals surface area contributed by atoms with Gasteiger partial charge in [0, 0.05) is 22.0 Å². The number of carbonyl (C=O) groups excluding carboxylic acids is 3. The first-order valence-corrected chi connectivity index (χ1v) is 11.5. The molecule has 0 saturated carbocycles. The summed E-state index contributed by atoms with van der Waals surface area (Å²) >= 11 is 6.20. The van der Waals surface area contributed by atoms with Crippen LogP contribution >= 0.6 is 11.6 Å². The summed E-state index contributed by atoms with van der Waals surface area (Å²) in [5.74, 6) is -3.47. The summed E-state index contributed by atoms with van der Waals surface area (Å²) in [5, 5.41) is 5.48. The molecular weight excluding hydrogens is 478 g/mol. The fourth-order valence-corrected chi connectivity index (χ4v) is 3.53. The summed E-state index contributed by atoms with van der Waals surface area (Å²) in [6.45, 7) is 9.98. The lowest BCUT2D eigenvalue weighted by Gasteiger charge is -2.24. The van der Waals surface area contributed by atoms with Gasteiger partial charge in [0.15, 0.2) is 5.78 Å². The Labute approximate surface area is 209 Å².